The molecule has 2 heterocycles. The van der Waals surface area contributed by atoms with Crippen LogP contribution in [-0.2, 0) is 0 Å². The van der Waals surface area contributed by atoms with Crippen LogP contribution in [0.4, 0.5) is 0 Å². The van der Waals surface area contributed by atoms with Crippen LogP contribution >= 0.6 is 0 Å². The topological polar surface area (TPSA) is 32.5 Å². The van der Waals surface area contributed by atoms with Gasteiger partial charge in [0.1, 0.15) is 0 Å². The van der Waals surface area contributed by atoms with E-state index in [0.717, 1.165) is 6.04 Å². The molecular formula is C14H29N3. The van der Waals surface area contributed by atoms with E-state index in [0.29, 0.717) is 12.1 Å². The standard InChI is InChI=1S/C14H29N3/c1-12(15)14-7-3-4-10-17(14)13-6-5-9-16(2)11-8-13/h12-14H,3-11,15H2,1-2H3. The summed E-state index contributed by atoms with van der Waals surface area (Å²) in [6.45, 7) is 5.99. The Hall–Kier alpha value is -0.120. The predicted molar refractivity (Wildman–Crippen MR) is 73.1 cm³/mol. The van der Waals surface area contributed by atoms with E-state index >= 15 is 0 Å². The van der Waals surface area contributed by atoms with E-state index in [1.807, 2.05) is 0 Å². The fourth-order valence-electron chi connectivity index (χ4n) is 3.55. The van der Waals surface area contributed by atoms with Crippen molar-refractivity contribution >= 4 is 0 Å². The molecule has 2 N–H and O–H groups in total. The van der Waals surface area contributed by atoms with Gasteiger partial charge in [-0.3, -0.25) is 4.90 Å². The monoisotopic (exact) mass is 239 g/mol. The molecule has 3 unspecified atom stereocenters. The molecule has 0 spiro atoms. The summed E-state index contributed by atoms with van der Waals surface area (Å²) in [6.07, 6.45) is 8.10. The second-order valence-corrected chi connectivity index (χ2v) is 6.05. The van der Waals surface area contributed by atoms with Crippen LogP contribution in [0.25, 0.3) is 0 Å². The third-order valence-electron chi connectivity index (χ3n) is 4.59. The highest BCUT2D eigenvalue weighted by Crippen LogP contribution is 2.26. The first kappa shape index (κ1) is 13.3. The molecule has 0 saturated carbocycles. The van der Waals surface area contributed by atoms with Crippen LogP contribution in [0.1, 0.15) is 45.4 Å². The van der Waals surface area contributed by atoms with Gasteiger partial charge in [-0.2, -0.15) is 0 Å². The molecular weight excluding hydrogens is 210 g/mol. The molecule has 2 saturated heterocycles. The Labute approximate surface area is 106 Å². The van der Waals surface area contributed by atoms with Crippen molar-refractivity contribution in [3.8, 4) is 0 Å². The van der Waals surface area contributed by atoms with Gasteiger partial charge < -0.3 is 10.6 Å². The van der Waals surface area contributed by atoms with Gasteiger partial charge in [-0.1, -0.05) is 6.42 Å². The van der Waals surface area contributed by atoms with E-state index in [-0.39, 0.29) is 0 Å². The molecule has 2 aliphatic heterocycles. The molecule has 2 fully saturated rings. The Balaban J connectivity index is 1.97. The van der Waals surface area contributed by atoms with Gasteiger partial charge in [-0.15, -0.1) is 0 Å². The van der Waals surface area contributed by atoms with E-state index < -0.39 is 0 Å². The van der Waals surface area contributed by atoms with Crippen LogP contribution in [0, 0.1) is 0 Å². The second-order valence-electron chi connectivity index (χ2n) is 6.05. The van der Waals surface area contributed by atoms with Crippen LogP contribution in [0.15, 0.2) is 0 Å². The number of rotatable bonds is 2. The fraction of sp³-hybridized carbons (Fsp3) is 1.00. The summed E-state index contributed by atoms with van der Waals surface area (Å²) in [5.74, 6) is 0. The first-order chi connectivity index (χ1) is 8.18. The quantitative estimate of drug-likeness (QED) is 0.795. The highest BCUT2D eigenvalue weighted by Gasteiger charge is 2.31. The van der Waals surface area contributed by atoms with Crippen molar-refractivity contribution < 1.29 is 0 Å². The van der Waals surface area contributed by atoms with Gasteiger partial charge in [0.25, 0.3) is 0 Å². The average molecular weight is 239 g/mol. The summed E-state index contributed by atoms with van der Waals surface area (Å²) in [5, 5.41) is 0. The van der Waals surface area contributed by atoms with Gasteiger partial charge >= 0.3 is 0 Å². The van der Waals surface area contributed by atoms with E-state index in [4.69, 9.17) is 5.73 Å². The summed E-state index contributed by atoms with van der Waals surface area (Å²) in [4.78, 5) is 5.22. The summed E-state index contributed by atoms with van der Waals surface area (Å²) in [6, 6.07) is 1.75. The predicted octanol–water partition coefficient (Wildman–Crippen LogP) is 1.67. The van der Waals surface area contributed by atoms with Gasteiger partial charge in [-0.25, -0.2) is 0 Å². The molecule has 100 valence electrons. The molecule has 0 aliphatic carbocycles. The van der Waals surface area contributed by atoms with Crippen LogP contribution < -0.4 is 5.73 Å². The Bertz CT molecular complexity index is 230. The summed E-state index contributed by atoms with van der Waals surface area (Å²) in [7, 11) is 2.25. The second kappa shape index (κ2) is 6.17. The first-order valence-corrected chi connectivity index (χ1v) is 7.38. The Morgan fingerprint density at radius 1 is 1.00 bits per heavy atom. The normalized spacial score (nSPS) is 35.5. The molecule has 2 aliphatic rings. The van der Waals surface area contributed by atoms with Gasteiger partial charge in [0.05, 0.1) is 0 Å². The number of likely N-dealkylation sites (tertiary alicyclic amines) is 2. The van der Waals surface area contributed by atoms with Crippen molar-refractivity contribution in [2.24, 2.45) is 5.73 Å². The maximum atomic E-state index is 6.18. The zero-order valence-corrected chi connectivity index (χ0v) is 11.6. The molecule has 2 rings (SSSR count). The van der Waals surface area contributed by atoms with Crippen LogP contribution in [0.2, 0.25) is 0 Å². The number of hydrogen-bond donors (Lipinski definition) is 1. The molecule has 0 bridgehead atoms. The summed E-state index contributed by atoms with van der Waals surface area (Å²) in [5.41, 5.74) is 6.18. The molecule has 3 nitrogen and oxygen atoms in total. The van der Waals surface area contributed by atoms with E-state index in [1.165, 1.54) is 58.2 Å². The highest BCUT2D eigenvalue weighted by atomic mass is 15.2. The fourth-order valence-corrected chi connectivity index (χ4v) is 3.55. The third kappa shape index (κ3) is 3.43. The molecule has 0 aromatic carbocycles. The van der Waals surface area contributed by atoms with E-state index in [1.54, 1.807) is 0 Å². The average Bonchev–Trinajstić information content (AvgIpc) is 2.54. The Kier molecular flexibility index (Phi) is 4.83. The minimum atomic E-state index is 0.330. The maximum absolute atomic E-state index is 6.18. The van der Waals surface area contributed by atoms with E-state index in [2.05, 4.69) is 23.8 Å². The van der Waals surface area contributed by atoms with Crippen molar-refractivity contribution in [2.75, 3.05) is 26.7 Å². The summed E-state index contributed by atoms with van der Waals surface area (Å²) < 4.78 is 0. The van der Waals surface area contributed by atoms with Crippen LogP contribution in [-0.4, -0.2) is 54.6 Å². The lowest BCUT2D eigenvalue weighted by atomic mass is 9.93. The maximum Gasteiger partial charge on any atom is 0.0247 e. The van der Waals surface area contributed by atoms with Crippen LogP contribution in [0.3, 0.4) is 0 Å². The number of nitrogens with zero attached hydrogens (tertiary/aromatic N) is 2. The van der Waals surface area contributed by atoms with Crippen molar-refractivity contribution in [2.45, 2.75) is 63.6 Å². The molecule has 0 aromatic heterocycles. The summed E-state index contributed by atoms with van der Waals surface area (Å²) >= 11 is 0. The van der Waals surface area contributed by atoms with Gasteiger partial charge in [0.2, 0.25) is 0 Å². The molecule has 3 atom stereocenters. The zero-order valence-electron chi connectivity index (χ0n) is 11.6. The molecule has 3 heteroatoms. The minimum Gasteiger partial charge on any atom is -0.327 e. The highest BCUT2D eigenvalue weighted by molar-refractivity contribution is 4.88. The van der Waals surface area contributed by atoms with Gasteiger partial charge in [0, 0.05) is 18.1 Å². The van der Waals surface area contributed by atoms with Crippen molar-refractivity contribution in [3.05, 3.63) is 0 Å². The van der Waals surface area contributed by atoms with Gasteiger partial charge in [-0.05, 0) is 65.7 Å². The van der Waals surface area contributed by atoms with Crippen LogP contribution in [0.5, 0.6) is 0 Å². The smallest absolute Gasteiger partial charge is 0.0247 e. The zero-order chi connectivity index (χ0) is 12.3. The lowest BCUT2D eigenvalue weighted by Gasteiger charge is -2.43. The van der Waals surface area contributed by atoms with Crippen molar-refractivity contribution in [1.82, 2.24) is 9.80 Å². The SMILES string of the molecule is CC(N)C1CCCCN1C1CCCN(C)CC1. The van der Waals surface area contributed by atoms with Gasteiger partial charge in [0.15, 0.2) is 0 Å². The molecule has 0 amide bonds. The molecule has 0 aromatic rings. The third-order valence-corrected chi connectivity index (χ3v) is 4.59. The molecule has 0 radical (unpaired) electrons. The lowest BCUT2D eigenvalue weighted by molar-refractivity contribution is 0.0733. The Morgan fingerprint density at radius 2 is 1.82 bits per heavy atom. The number of piperidine rings is 1. The van der Waals surface area contributed by atoms with Crippen molar-refractivity contribution in [3.63, 3.8) is 0 Å². The molecule has 17 heavy (non-hydrogen) atoms. The lowest BCUT2D eigenvalue weighted by Crippen LogP contribution is -2.53. The number of hydrogen-bond acceptors (Lipinski definition) is 3. The van der Waals surface area contributed by atoms with Crippen molar-refractivity contribution in [1.29, 1.82) is 0 Å². The minimum absolute atomic E-state index is 0.330. The Morgan fingerprint density at radius 3 is 2.59 bits per heavy atom. The largest absolute Gasteiger partial charge is 0.327 e. The number of nitrogens with two attached hydrogens (primary N) is 1. The van der Waals surface area contributed by atoms with E-state index in [9.17, 15) is 0 Å². The first-order valence-electron chi connectivity index (χ1n) is 7.38.